The van der Waals surface area contributed by atoms with Crippen LogP contribution in [0.25, 0.3) is 0 Å². The maximum atomic E-state index is 13.1. The van der Waals surface area contributed by atoms with Gasteiger partial charge in [-0.2, -0.15) is 5.10 Å². The Morgan fingerprint density at radius 1 is 1.25 bits per heavy atom. The zero-order valence-electron chi connectivity index (χ0n) is 15.8. The molecule has 3 rings (SSSR count). The Bertz CT molecular complexity index is 822. The van der Waals surface area contributed by atoms with Gasteiger partial charge < -0.3 is 14.9 Å². The van der Waals surface area contributed by atoms with E-state index in [0.717, 1.165) is 5.56 Å². The largest absolute Gasteiger partial charge is 0.481 e. The number of nitrogens with zero attached hydrogens (tertiary/aromatic N) is 4. The lowest BCUT2D eigenvalue weighted by atomic mass is 9.98. The van der Waals surface area contributed by atoms with E-state index in [-0.39, 0.29) is 24.9 Å². The first kappa shape index (κ1) is 19.6. The molecule has 1 aliphatic rings. The number of likely N-dealkylation sites (tertiary alicyclic amines) is 1. The van der Waals surface area contributed by atoms with Crippen LogP contribution in [0.5, 0.6) is 0 Å². The van der Waals surface area contributed by atoms with Gasteiger partial charge in [0, 0.05) is 32.5 Å². The van der Waals surface area contributed by atoms with E-state index in [4.69, 9.17) is 0 Å². The number of aromatic nitrogens is 2. The molecule has 28 heavy (non-hydrogen) atoms. The summed E-state index contributed by atoms with van der Waals surface area (Å²) in [6, 6.07) is 10.4. The van der Waals surface area contributed by atoms with Gasteiger partial charge >= 0.3 is 5.97 Å². The second kappa shape index (κ2) is 8.69. The quantitative estimate of drug-likeness (QED) is 0.809. The van der Waals surface area contributed by atoms with Crippen molar-refractivity contribution in [2.24, 2.45) is 5.92 Å². The van der Waals surface area contributed by atoms with Gasteiger partial charge in [-0.3, -0.25) is 19.1 Å². The highest BCUT2D eigenvalue weighted by Crippen LogP contribution is 2.21. The zero-order valence-corrected chi connectivity index (χ0v) is 15.8. The molecular weight excluding hydrogens is 360 g/mol. The molecule has 0 bridgehead atoms. The Hall–Kier alpha value is -3.16. The predicted octanol–water partition coefficient (Wildman–Crippen LogP) is 1.25. The van der Waals surface area contributed by atoms with Crippen molar-refractivity contribution in [1.82, 2.24) is 19.6 Å². The minimum Gasteiger partial charge on any atom is -0.481 e. The van der Waals surface area contributed by atoms with E-state index in [1.165, 1.54) is 9.80 Å². The van der Waals surface area contributed by atoms with Crippen LogP contribution in [0.3, 0.4) is 0 Å². The molecule has 2 amide bonds. The van der Waals surface area contributed by atoms with E-state index in [2.05, 4.69) is 5.10 Å². The highest BCUT2D eigenvalue weighted by Gasteiger charge is 2.31. The molecule has 1 saturated heterocycles. The molecule has 8 heteroatoms. The maximum absolute atomic E-state index is 13.1. The van der Waals surface area contributed by atoms with Gasteiger partial charge in [0.15, 0.2) is 6.04 Å². The molecule has 2 aromatic rings. The van der Waals surface area contributed by atoms with E-state index in [1.54, 1.807) is 30.2 Å². The van der Waals surface area contributed by atoms with Crippen molar-refractivity contribution in [2.45, 2.75) is 18.9 Å². The highest BCUT2D eigenvalue weighted by atomic mass is 16.4. The summed E-state index contributed by atoms with van der Waals surface area (Å²) in [4.78, 5) is 39.9. The number of hydrogen-bond donors (Lipinski definition) is 1. The Kier molecular flexibility index (Phi) is 6.08. The fraction of sp³-hybridized carbons (Fsp3) is 0.400. The summed E-state index contributed by atoms with van der Waals surface area (Å²) in [6.45, 7) is 0.610. The highest BCUT2D eigenvalue weighted by molar-refractivity contribution is 5.88. The SMILES string of the molecule is CN(CC(=O)N1CCCC(C(=O)O)C1)C(=O)C(c1ccccc1)n1cccn1. The van der Waals surface area contributed by atoms with E-state index in [1.807, 2.05) is 30.3 Å². The lowest BCUT2D eigenvalue weighted by Gasteiger charge is -2.32. The Labute approximate surface area is 163 Å². The fourth-order valence-electron chi connectivity index (χ4n) is 3.47. The van der Waals surface area contributed by atoms with Crippen LogP contribution in [0.2, 0.25) is 0 Å². The molecule has 0 spiro atoms. The summed E-state index contributed by atoms with van der Waals surface area (Å²) in [5.41, 5.74) is 0.777. The van der Waals surface area contributed by atoms with Gasteiger partial charge in [-0.1, -0.05) is 30.3 Å². The summed E-state index contributed by atoms with van der Waals surface area (Å²) in [5, 5.41) is 13.4. The smallest absolute Gasteiger partial charge is 0.308 e. The van der Waals surface area contributed by atoms with Crippen molar-refractivity contribution in [1.29, 1.82) is 0 Å². The third-order valence-electron chi connectivity index (χ3n) is 5.01. The molecule has 0 aliphatic carbocycles. The number of rotatable bonds is 6. The average molecular weight is 384 g/mol. The van der Waals surface area contributed by atoms with Crippen molar-refractivity contribution in [3.8, 4) is 0 Å². The van der Waals surface area contributed by atoms with Gasteiger partial charge in [-0.05, 0) is 24.5 Å². The third kappa shape index (κ3) is 4.39. The number of amides is 2. The predicted molar refractivity (Wildman–Crippen MR) is 101 cm³/mol. The number of carbonyl (C=O) groups is 3. The first-order valence-electron chi connectivity index (χ1n) is 9.27. The summed E-state index contributed by atoms with van der Waals surface area (Å²) >= 11 is 0. The van der Waals surface area contributed by atoms with Crippen LogP contribution in [-0.2, 0) is 14.4 Å². The molecular formula is C20H24N4O4. The standard InChI is InChI=1S/C20H24N4O4/c1-22(14-17(25)23-11-5-9-16(13-23)20(27)28)19(26)18(24-12-6-10-21-24)15-7-3-2-4-8-15/h2-4,6-8,10,12,16,18H,5,9,11,13-14H2,1H3,(H,27,28). The van der Waals surface area contributed by atoms with Crippen molar-refractivity contribution < 1.29 is 19.5 Å². The van der Waals surface area contributed by atoms with Crippen LogP contribution < -0.4 is 0 Å². The van der Waals surface area contributed by atoms with Gasteiger partial charge in [0.1, 0.15) is 0 Å². The van der Waals surface area contributed by atoms with Crippen LogP contribution >= 0.6 is 0 Å². The molecule has 148 valence electrons. The van der Waals surface area contributed by atoms with Gasteiger partial charge in [0.25, 0.3) is 5.91 Å². The monoisotopic (exact) mass is 384 g/mol. The summed E-state index contributed by atoms with van der Waals surface area (Å²) in [7, 11) is 1.58. The van der Waals surface area contributed by atoms with Crippen LogP contribution in [0, 0.1) is 5.92 Å². The second-order valence-corrected chi connectivity index (χ2v) is 7.01. The Morgan fingerprint density at radius 2 is 2.00 bits per heavy atom. The van der Waals surface area contributed by atoms with Crippen LogP contribution in [0.1, 0.15) is 24.4 Å². The van der Waals surface area contributed by atoms with Gasteiger partial charge in [0.2, 0.25) is 5.91 Å². The minimum atomic E-state index is -0.884. The number of likely N-dealkylation sites (N-methyl/N-ethyl adjacent to an activating group) is 1. The maximum Gasteiger partial charge on any atom is 0.308 e. The van der Waals surface area contributed by atoms with E-state index in [9.17, 15) is 19.5 Å². The van der Waals surface area contributed by atoms with E-state index < -0.39 is 17.9 Å². The lowest BCUT2D eigenvalue weighted by molar-refractivity contribution is -0.147. The molecule has 8 nitrogen and oxygen atoms in total. The van der Waals surface area contributed by atoms with Crippen molar-refractivity contribution in [2.75, 3.05) is 26.7 Å². The van der Waals surface area contributed by atoms with Crippen LogP contribution in [0.15, 0.2) is 48.8 Å². The van der Waals surface area contributed by atoms with Crippen molar-refractivity contribution >= 4 is 17.8 Å². The third-order valence-corrected chi connectivity index (χ3v) is 5.01. The van der Waals surface area contributed by atoms with Gasteiger partial charge in [-0.15, -0.1) is 0 Å². The molecule has 1 N–H and O–H groups in total. The van der Waals surface area contributed by atoms with Crippen LogP contribution in [0.4, 0.5) is 0 Å². The van der Waals surface area contributed by atoms with Crippen molar-refractivity contribution in [3.05, 3.63) is 54.4 Å². The normalized spacial score (nSPS) is 17.8. The first-order valence-corrected chi connectivity index (χ1v) is 9.27. The Morgan fingerprint density at radius 3 is 2.64 bits per heavy atom. The molecule has 1 aliphatic heterocycles. The topological polar surface area (TPSA) is 95.7 Å². The molecule has 0 saturated carbocycles. The summed E-state index contributed by atoms with van der Waals surface area (Å²) in [5.74, 6) is -1.92. The minimum absolute atomic E-state index is 0.101. The molecule has 1 aromatic carbocycles. The van der Waals surface area contributed by atoms with Gasteiger partial charge in [-0.25, -0.2) is 0 Å². The first-order chi connectivity index (χ1) is 13.5. The van der Waals surface area contributed by atoms with Gasteiger partial charge in [0.05, 0.1) is 12.5 Å². The summed E-state index contributed by atoms with van der Waals surface area (Å²) in [6.07, 6.45) is 4.55. The number of benzene rings is 1. The second-order valence-electron chi connectivity index (χ2n) is 7.01. The van der Waals surface area contributed by atoms with Crippen molar-refractivity contribution in [3.63, 3.8) is 0 Å². The molecule has 0 radical (unpaired) electrons. The molecule has 2 heterocycles. The Balaban J connectivity index is 1.71. The number of carboxylic acids is 1. The van der Waals surface area contributed by atoms with E-state index in [0.29, 0.717) is 19.4 Å². The molecule has 2 unspecified atom stereocenters. The number of hydrogen-bond acceptors (Lipinski definition) is 4. The average Bonchev–Trinajstić information content (AvgIpc) is 3.23. The number of piperidine rings is 1. The van der Waals surface area contributed by atoms with Crippen LogP contribution in [-0.4, -0.2) is 69.2 Å². The lowest BCUT2D eigenvalue weighted by Crippen LogP contribution is -2.48. The number of carboxylic acid groups (broad SMARTS) is 1. The molecule has 1 aromatic heterocycles. The number of carbonyl (C=O) groups excluding carboxylic acids is 2. The molecule has 2 atom stereocenters. The fourth-order valence-corrected chi connectivity index (χ4v) is 3.47. The van der Waals surface area contributed by atoms with E-state index >= 15 is 0 Å². The number of aliphatic carboxylic acids is 1. The summed E-state index contributed by atoms with van der Waals surface area (Å²) < 4.78 is 1.57. The zero-order chi connectivity index (χ0) is 20.1. The molecule has 1 fully saturated rings.